The van der Waals surface area contributed by atoms with E-state index in [4.69, 9.17) is 0 Å². The molecule has 1 amide bonds. The summed E-state index contributed by atoms with van der Waals surface area (Å²) in [5.41, 5.74) is 2.24. The van der Waals surface area contributed by atoms with E-state index < -0.39 is 0 Å². The smallest absolute Gasteiger partial charge is 0.234 e. The molecule has 1 atom stereocenters. The molecule has 2 rings (SSSR count). The standard InChI is InChI=1S/C15H23N3O/c1-15(2,3)18-13(19)10-17-12-8-4-6-11-7-5-9-16-14(11)12/h5,7,9,12,17H,4,6,8,10H2,1-3H3,(H,18,19). The zero-order valence-electron chi connectivity index (χ0n) is 12.0. The quantitative estimate of drug-likeness (QED) is 0.874. The molecule has 0 bridgehead atoms. The number of carbonyl (C=O) groups excluding carboxylic acids is 1. The van der Waals surface area contributed by atoms with E-state index in [1.807, 2.05) is 33.0 Å². The number of aromatic nitrogens is 1. The van der Waals surface area contributed by atoms with Gasteiger partial charge in [-0.15, -0.1) is 0 Å². The lowest BCUT2D eigenvalue weighted by atomic mass is 9.92. The van der Waals surface area contributed by atoms with Crippen molar-refractivity contribution in [3.05, 3.63) is 29.6 Å². The number of aryl methyl sites for hydroxylation is 1. The molecule has 0 radical (unpaired) electrons. The van der Waals surface area contributed by atoms with Gasteiger partial charge in [-0.3, -0.25) is 9.78 Å². The predicted molar refractivity (Wildman–Crippen MR) is 75.8 cm³/mol. The molecule has 0 aromatic carbocycles. The van der Waals surface area contributed by atoms with Crippen LogP contribution in [0.4, 0.5) is 0 Å². The Kier molecular flexibility index (Phi) is 4.20. The van der Waals surface area contributed by atoms with E-state index >= 15 is 0 Å². The second-order valence-electron chi connectivity index (χ2n) is 6.17. The van der Waals surface area contributed by atoms with Crippen molar-refractivity contribution in [2.45, 2.75) is 51.6 Å². The number of rotatable bonds is 3. The summed E-state index contributed by atoms with van der Waals surface area (Å²) in [5.74, 6) is 0.0376. The van der Waals surface area contributed by atoms with Gasteiger partial charge < -0.3 is 10.6 Å². The zero-order valence-corrected chi connectivity index (χ0v) is 12.0. The first-order valence-corrected chi connectivity index (χ1v) is 6.94. The largest absolute Gasteiger partial charge is 0.350 e. The molecule has 1 aliphatic rings. The van der Waals surface area contributed by atoms with Crippen molar-refractivity contribution in [1.82, 2.24) is 15.6 Å². The van der Waals surface area contributed by atoms with Gasteiger partial charge >= 0.3 is 0 Å². The minimum Gasteiger partial charge on any atom is -0.350 e. The Hall–Kier alpha value is -1.42. The fraction of sp³-hybridized carbons (Fsp3) is 0.600. The number of amides is 1. The normalized spacial score (nSPS) is 18.8. The van der Waals surface area contributed by atoms with Crippen molar-refractivity contribution in [2.75, 3.05) is 6.54 Å². The molecule has 19 heavy (non-hydrogen) atoms. The zero-order chi connectivity index (χ0) is 13.9. The second kappa shape index (κ2) is 5.70. The molecule has 104 valence electrons. The summed E-state index contributed by atoms with van der Waals surface area (Å²) >= 11 is 0. The Labute approximate surface area is 115 Å². The highest BCUT2D eigenvalue weighted by Crippen LogP contribution is 2.27. The SMILES string of the molecule is CC(C)(C)NC(=O)CNC1CCCc2cccnc21. The van der Waals surface area contributed by atoms with Gasteiger partial charge in [0, 0.05) is 11.7 Å². The van der Waals surface area contributed by atoms with Crippen LogP contribution in [0.5, 0.6) is 0 Å². The Morgan fingerprint density at radius 3 is 3.00 bits per heavy atom. The number of nitrogens with one attached hydrogen (secondary N) is 2. The van der Waals surface area contributed by atoms with Crippen molar-refractivity contribution < 1.29 is 4.79 Å². The maximum Gasteiger partial charge on any atom is 0.234 e. The van der Waals surface area contributed by atoms with Crippen LogP contribution < -0.4 is 10.6 Å². The second-order valence-corrected chi connectivity index (χ2v) is 6.17. The van der Waals surface area contributed by atoms with Crippen LogP contribution in [0.15, 0.2) is 18.3 Å². The monoisotopic (exact) mass is 261 g/mol. The number of carbonyl (C=O) groups is 1. The molecule has 2 N–H and O–H groups in total. The summed E-state index contributed by atoms with van der Waals surface area (Å²) in [6, 6.07) is 4.31. The Morgan fingerprint density at radius 1 is 1.47 bits per heavy atom. The molecule has 1 aromatic heterocycles. The summed E-state index contributed by atoms with van der Waals surface area (Å²) in [6.07, 6.45) is 5.12. The molecular weight excluding hydrogens is 238 g/mol. The Balaban J connectivity index is 1.93. The highest BCUT2D eigenvalue weighted by Gasteiger charge is 2.22. The van der Waals surface area contributed by atoms with E-state index in [0.29, 0.717) is 6.54 Å². The van der Waals surface area contributed by atoms with Gasteiger partial charge in [0.25, 0.3) is 0 Å². The van der Waals surface area contributed by atoms with E-state index in [9.17, 15) is 4.79 Å². The number of nitrogens with zero attached hydrogens (tertiary/aromatic N) is 1. The highest BCUT2D eigenvalue weighted by molar-refractivity contribution is 5.78. The maximum atomic E-state index is 11.8. The third-order valence-electron chi connectivity index (χ3n) is 3.22. The molecule has 4 nitrogen and oxygen atoms in total. The average molecular weight is 261 g/mol. The molecular formula is C15H23N3O. The maximum absolute atomic E-state index is 11.8. The van der Waals surface area contributed by atoms with Gasteiger partial charge in [0.15, 0.2) is 0 Å². The fourth-order valence-electron chi connectivity index (χ4n) is 2.49. The summed E-state index contributed by atoms with van der Waals surface area (Å²) < 4.78 is 0. The third-order valence-corrected chi connectivity index (χ3v) is 3.22. The lowest BCUT2D eigenvalue weighted by molar-refractivity contribution is -0.121. The molecule has 0 aliphatic heterocycles. The third kappa shape index (κ3) is 4.03. The molecule has 1 aromatic rings. The van der Waals surface area contributed by atoms with Crippen molar-refractivity contribution in [3.63, 3.8) is 0 Å². The molecule has 0 spiro atoms. The van der Waals surface area contributed by atoms with Gasteiger partial charge in [-0.2, -0.15) is 0 Å². The van der Waals surface area contributed by atoms with E-state index in [1.54, 1.807) is 0 Å². The lowest BCUT2D eigenvalue weighted by Crippen LogP contribution is -2.45. The molecule has 1 heterocycles. The van der Waals surface area contributed by atoms with Gasteiger partial charge in [-0.05, 0) is 51.7 Å². The molecule has 4 heteroatoms. The first kappa shape index (κ1) is 14.0. The Morgan fingerprint density at radius 2 is 2.26 bits per heavy atom. The van der Waals surface area contributed by atoms with E-state index in [0.717, 1.165) is 25.0 Å². The van der Waals surface area contributed by atoms with Crippen LogP contribution in [-0.4, -0.2) is 23.0 Å². The van der Waals surface area contributed by atoms with Crippen LogP contribution in [0.25, 0.3) is 0 Å². The molecule has 0 fully saturated rings. The molecule has 0 saturated heterocycles. The van der Waals surface area contributed by atoms with Gasteiger partial charge in [0.05, 0.1) is 18.3 Å². The van der Waals surface area contributed by atoms with Gasteiger partial charge in [0.2, 0.25) is 5.91 Å². The topological polar surface area (TPSA) is 54.0 Å². The average Bonchev–Trinajstić information content (AvgIpc) is 2.34. The number of fused-ring (bicyclic) bond motifs is 1. The lowest BCUT2D eigenvalue weighted by Gasteiger charge is -2.26. The summed E-state index contributed by atoms with van der Waals surface area (Å²) in [6.45, 7) is 6.31. The molecule has 1 aliphatic carbocycles. The molecule has 0 saturated carbocycles. The van der Waals surface area contributed by atoms with E-state index in [1.165, 1.54) is 5.56 Å². The highest BCUT2D eigenvalue weighted by atomic mass is 16.2. The summed E-state index contributed by atoms with van der Waals surface area (Å²) in [5, 5.41) is 6.29. The van der Waals surface area contributed by atoms with Crippen molar-refractivity contribution in [1.29, 1.82) is 0 Å². The van der Waals surface area contributed by atoms with Crippen LogP contribution in [0.3, 0.4) is 0 Å². The van der Waals surface area contributed by atoms with Crippen molar-refractivity contribution >= 4 is 5.91 Å². The van der Waals surface area contributed by atoms with Gasteiger partial charge in [0.1, 0.15) is 0 Å². The van der Waals surface area contributed by atoms with Crippen LogP contribution in [-0.2, 0) is 11.2 Å². The summed E-state index contributed by atoms with van der Waals surface area (Å²) in [4.78, 5) is 16.3. The predicted octanol–water partition coefficient (Wildman–Crippen LogP) is 1.96. The summed E-state index contributed by atoms with van der Waals surface area (Å²) in [7, 11) is 0. The van der Waals surface area contributed by atoms with Crippen molar-refractivity contribution in [3.8, 4) is 0 Å². The minimum absolute atomic E-state index is 0.0376. The van der Waals surface area contributed by atoms with E-state index in [2.05, 4.69) is 21.7 Å². The van der Waals surface area contributed by atoms with Crippen molar-refractivity contribution in [2.24, 2.45) is 0 Å². The Bertz CT molecular complexity index is 451. The van der Waals surface area contributed by atoms with Crippen LogP contribution in [0.2, 0.25) is 0 Å². The van der Waals surface area contributed by atoms with Crippen LogP contribution in [0, 0.1) is 0 Å². The molecule has 1 unspecified atom stereocenters. The van der Waals surface area contributed by atoms with Crippen LogP contribution >= 0.6 is 0 Å². The van der Waals surface area contributed by atoms with Gasteiger partial charge in [-0.25, -0.2) is 0 Å². The number of hydrogen-bond acceptors (Lipinski definition) is 3. The first-order chi connectivity index (χ1) is 8.96. The fourth-order valence-corrected chi connectivity index (χ4v) is 2.49. The first-order valence-electron chi connectivity index (χ1n) is 6.94. The number of hydrogen-bond donors (Lipinski definition) is 2. The van der Waals surface area contributed by atoms with E-state index in [-0.39, 0.29) is 17.5 Å². The number of pyridine rings is 1. The van der Waals surface area contributed by atoms with Crippen LogP contribution in [0.1, 0.15) is 50.9 Å². The minimum atomic E-state index is -0.179. The van der Waals surface area contributed by atoms with Gasteiger partial charge in [-0.1, -0.05) is 6.07 Å².